The predicted molar refractivity (Wildman–Crippen MR) is 75.7 cm³/mol. The Kier molecular flexibility index (Phi) is 5.21. The largest absolute Gasteiger partial charge is 0.507 e. The van der Waals surface area contributed by atoms with Gasteiger partial charge in [-0.2, -0.15) is 0 Å². The summed E-state index contributed by atoms with van der Waals surface area (Å²) in [7, 11) is 3.28. The number of phenols is 1. The molecule has 0 aliphatic carbocycles. The van der Waals surface area contributed by atoms with Crippen LogP contribution in [0, 0.1) is 5.92 Å². The highest BCUT2D eigenvalue weighted by Crippen LogP contribution is 2.25. The number of carbonyl (C=O) groups excluding carboxylic acids is 1. The number of hydrogen-bond acceptors (Lipinski definition) is 3. The Bertz CT molecular complexity index is 443. The molecule has 1 amide bonds. The number of phenolic OH excluding ortho intramolecular Hbond substituents is 1. The van der Waals surface area contributed by atoms with E-state index in [2.05, 4.69) is 13.8 Å². The molecule has 0 bridgehead atoms. The van der Waals surface area contributed by atoms with E-state index in [1.807, 2.05) is 6.92 Å². The van der Waals surface area contributed by atoms with Crippen LogP contribution in [-0.4, -0.2) is 36.1 Å². The van der Waals surface area contributed by atoms with E-state index in [0.717, 1.165) is 6.42 Å². The average molecular weight is 265 g/mol. The summed E-state index contributed by atoms with van der Waals surface area (Å²) in [5.41, 5.74) is 0.305. The topological polar surface area (TPSA) is 49.8 Å². The van der Waals surface area contributed by atoms with Crippen LogP contribution in [0.25, 0.3) is 0 Å². The van der Waals surface area contributed by atoms with E-state index >= 15 is 0 Å². The van der Waals surface area contributed by atoms with Gasteiger partial charge in [0.1, 0.15) is 11.5 Å². The van der Waals surface area contributed by atoms with Crippen LogP contribution >= 0.6 is 0 Å². The number of benzene rings is 1. The van der Waals surface area contributed by atoms with Gasteiger partial charge in [0.25, 0.3) is 5.91 Å². The molecule has 0 fully saturated rings. The molecule has 0 aromatic heterocycles. The second kappa shape index (κ2) is 6.45. The first kappa shape index (κ1) is 15.3. The van der Waals surface area contributed by atoms with Crippen molar-refractivity contribution in [2.45, 2.75) is 33.2 Å². The Hall–Kier alpha value is -1.71. The summed E-state index contributed by atoms with van der Waals surface area (Å²) in [6, 6.07) is 4.85. The van der Waals surface area contributed by atoms with Gasteiger partial charge in [-0.05, 0) is 31.4 Å². The van der Waals surface area contributed by atoms with Crippen LogP contribution in [0.4, 0.5) is 0 Å². The Morgan fingerprint density at radius 1 is 1.37 bits per heavy atom. The first-order chi connectivity index (χ1) is 8.86. The number of hydrogen-bond donors (Lipinski definition) is 1. The quantitative estimate of drug-likeness (QED) is 0.890. The zero-order chi connectivity index (χ0) is 14.6. The number of methoxy groups -OCH3 is 1. The van der Waals surface area contributed by atoms with Gasteiger partial charge in [0, 0.05) is 19.2 Å². The van der Waals surface area contributed by atoms with E-state index in [9.17, 15) is 9.90 Å². The van der Waals surface area contributed by atoms with Gasteiger partial charge in [0.05, 0.1) is 12.7 Å². The molecule has 1 rings (SSSR count). The minimum atomic E-state index is -0.173. The molecule has 4 heteroatoms. The van der Waals surface area contributed by atoms with Crippen LogP contribution in [0.2, 0.25) is 0 Å². The maximum atomic E-state index is 12.3. The molecular weight excluding hydrogens is 242 g/mol. The van der Waals surface area contributed by atoms with Crippen molar-refractivity contribution in [1.82, 2.24) is 4.90 Å². The van der Waals surface area contributed by atoms with Gasteiger partial charge in [-0.25, -0.2) is 0 Å². The molecule has 0 radical (unpaired) electrons. The Morgan fingerprint density at radius 3 is 2.47 bits per heavy atom. The molecule has 1 atom stereocenters. The van der Waals surface area contributed by atoms with Crippen molar-refractivity contribution in [2.24, 2.45) is 5.92 Å². The van der Waals surface area contributed by atoms with Crippen LogP contribution in [0.5, 0.6) is 11.5 Å². The third-order valence-electron chi connectivity index (χ3n) is 3.23. The van der Waals surface area contributed by atoms with Crippen LogP contribution in [0.1, 0.15) is 37.6 Å². The molecule has 0 spiro atoms. The van der Waals surface area contributed by atoms with Crippen LogP contribution in [0.3, 0.4) is 0 Å². The molecule has 0 heterocycles. The lowest BCUT2D eigenvalue weighted by Gasteiger charge is -2.26. The normalized spacial score (nSPS) is 12.3. The maximum absolute atomic E-state index is 12.3. The fourth-order valence-electron chi connectivity index (χ4n) is 2.05. The summed E-state index contributed by atoms with van der Waals surface area (Å²) in [6.45, 7) is 6.26. The molecule has 0 aliphatic rings. The number of amides is 1. The fraction of sp³-hybridized carbons (Fsp3) is 0.533. The van der Waals surface area contributed by atoms with Crippen molar-refractivity contribution < 1.29 is 14.6 Å². The molecule has 1 aromatic carbocycles. The van der Waals surface area contributed by atoms with Gasteiger partial charge in [-0.1, -0.05) is 13.8 Å². The van der Waals surface area contributed by atoms with Crippen LogP contribution in [0.15, 0.2) is 18.2 Å². The number of nitrogens with zero attached hydrogens (tertiary/aromatic N) is 1. The Morgan fingerprint density at radius 2 is 2.00 bits per heavy atom. The first-order valence-corrected chi connectivity index (χ1v) is 6.51. The smallest absolute Gasteiger partial charge is 0.257 e. The zero-order valence-electron chi connectivity index (χ0n) is 12.3. The maximum Gasteiger partial charge on any atom is 0.257 e. The highest BCUT2D eigenvalue weighted by Gasteiger charge is 2.21. The van der Waals surface area contributed by atoms with E-state index in [4.69, 9.17) is 4.74 Å². The highest BCUT2D eigenvalue weighted by atomic mass is 16.5. The molecule has 0 saturated carbocycles. The number of ether oxygens (including phenoxy) is 1. The van der Waals surface area contributed by atoms with Gasteiger partial charge < -0.3 is 14.7 Å². The van der Waals surface area contributed by atoms with E-state index < -0.39 is 0 Å². The van der Waals surface area contributed by atoms with Crippen molar-refractivity contribution in [3.8, 4) is 11.5 Å². The van der Waals surface area contributed by atoms with Crippen LogP contribution in [-0.2, 0) is 0 Å². The van der Waals surface area contributed by atoms with E-state index in [0.29, 0.717) is 17.2 Å². The summed E-state index contributed by atoms with van der Waals surface area (Å²) in [6.07, 6.45) is 0.930. The van der Waals surface area contributed by atoms with E-state index in [1.165, 1.54) is 13.2 Å². The second-order valence-corrected chi connectivity index (χ2v) is 5.28. The molecule has 1 N–H and O–H groups in total. The van der Waals surface area contributed by atoms with Gasteiger partial charge in [0.2, 0.25) is 0 Å². The molecule has 19 heavy (non-hydrogen) atoms. The molecular formula is C15H23NO3. The van der Waals surface area contributed by atoms with Gasteiger partial charge in [-0.15, -0.1) is 0 Å². The van der Waals surface area contributed by atoms with Crippen molar-refractivity contribution in [3.05, 3.63) is 23.8 Å². The third-order valence-corrected chi connectivity index (χ3v) is 3.23. The minimum absolute atomic E-state index is 0.0482. The lowest BCUT2D eigenvalue weighted by Crippen LogP contribution is -2.35. The summed E-state index contributed by atoms with van der Waals surface area (Å²) in [5, 5.41) is 9.88. The van der Waals surface area contributed by atoms with Crippen LogP contribution < -0.4 is 4.74 Å². The highest BCUT2D eigenvalue weighted by molar-refractivity contribution is 5.97. The van der Waals surface area contributed by atoms with Crippen molar-refractivity contribution >= 4 is 5.91 Å². The second-order valence-electron chi connectivity index (χ2n) is 5.28. The standard InChI is InChI=1S/C15H23NO3/c1-10(2)8-11(3)16(4)15(18)13-7-6-12(19-5)9-14(13)17/h6-7,9-11,17H,8H2,1-5H3. The molecule has 1 unspecified atom stereocenters. The van der Waals surface area contributed by atoms with Crippen molar-refractivity contribution in [3.63, 3.8) is 0 Å². The summed E-state index contributed by atoms with van der Waals surface area (Å²) >= 11 is 0. The van der Waals surface area contributed by atoms with Crippen molar-refractivity contribution in [1.29, 1.82) is 0 Å². The monoisotopic (exact) mass is 265 g/mol. The average Bonchev–Trinajstić information content (AvgIpc) is 2.36. The van der Waals surface area contributed by atoms with Crippen molar-refractivity contribution in [2.75, 3.05) is 14.2 Å². The molecule has 1 aromatic rings. The fourth-order valence-corrected chi connectivity index (χ4v) is 2.05. The molecule has 4 nitrogen and oxygen atoms in total. The summed E-state index contributed by atoms with van der Waals surface area (Å²) in [5.74, 6) is 0.836. The summed E-state index contributed by atoms with van der Waals surface area (Å²) < 4.78 is 5.01. The molecule has 0 saturated heterocycles. The zero-order valence-corrected chi connectivity index (χ0v) is 12.3. The number of aromatic hydroxyl groups is 1. The third kappa shape index (κ3) is 3.88. The SMILES string of the molecule is COc1ccc(C(=O)N(C)C(C)CC(C)C)c(O)c1. The van der Waals surface area contributed by atoms with E-state index in [-0.39, 0.29) is 17.7 Å². The number of rotatable bonds is 5. The minimum Gasteiger partial charge on any atom is -0.507 e. The lowest BCUT2D eigenvalue weighted by atomic mass is 10.0. The molecule has 106 valence electrons. The Balaban J connectivity index is 2.88. The first-order valence-electron chi connectivity index (χ1n) is 6.51. The van der Waals surface area contributed by atoms with E-state index in [1.54, 1.807) is 24.1 Å². The summed E-state index contributed by atoms with van der Waals surface area (Å²) in [4.78, 5) is 14.0. The Labute approximate surface area is 115 Å². The van der Waals surface area contributed by atoms with Gasteiger partial charge in [0.15, 0.2) is 0 Å². The van der Waals surface area contributed by atoms with Gasteiger partial charge >= 0.3 is 0 Å². The predicted octanol–water partition coefficient (Wildman–Crippen LogP) is 2.91. The lowest BCUT2D eigenvalue weighted by molar-refractivity contribution is 0.0725. The van der Waals surface area contributed by atoms with Gasteiger partial charge in [-0.3, -0.25) is 4.79 Å². The number of carbonyl (C=O) groups is 1. The molecule has 0 aliphatic heterocycles.